The van der Waals surface area contributed by atoms with Crippen molar-refractivity contribution < 1.29 is 18.0 Å². The summed E-state index contributed by atoms with van der Waals surface area (Å²) in [6.07, 6.45) is -1.14. The zero-order chi connectivity index (χ0) is 17.0. The van der Waals surface area contributed by atoms with E-state index in [0.717, 1.165) is 31.4 Å². The molecule has 6 heteroatoms. The molecule has 1 fully saturated rings. The van der Waals surface area contributed by atoms with E-state index in [4.69, 9.17) is 5.73 Å². The van der Waals surface area contributed by atoms with Crippen LogP contribution in [-0.2, 0) is 17.4 Å². The summed E-state index contributed by atoms with van der Waals surface area (Å²) in [4.78, 5) is 14.4. The van der Waals surface area contributed by atoms with Gasteiger partial charge in [-0.15, -0.1) is 0 Å². The van der Waals surface area contributed by atoms with E-state index in [2.05, 4.69) is 0 Å². The molecule has 0 aromatic heterocycles. The number of nitrogens with zero attached hydrogens (tertiary/aromatic N) is 1. The second-order valence-electron chi connectivity index (χ2n) is 6.22. The molecule has 1 amide bonds. The molecule has 1 aromatic carbocycles. The summed E-state index contributed by atoms with van der Waals surface area (Å²) in [5.74, 6) is -0.372. The summed E-state index contributed by atoms with van der Waals surface area (Å²) in [6, 6.07) is 5.25. The van der Waals surface area contributed by atoms with Crippen LogP contribution in [0.1, 0.15) is 37.3 Å². The average Bonchev–Trinajstić information content (AvgIpc) is 2.53. The number of piperidine rings is 1. The minimum atomic E-state index is -4.36. The van der Waals surface area contributed by atoms with Crippen molar-refractivity contribution in [3.63, 3.8) is 0 Å². The fraction of sp³-hybridized carbons (Fsp3) is 0.588. The average molecular weight is 328 g/mol. The van der Waals surface area contributed by atoms with Crippen molar-refractivity contribution in [3.8, 4) is 0 Å². The maximum Gasteiger partial charge on any atom is 0.416 e. The van der Waals surface area contributed by atoms with Crippen LogP contribution in [0.4, 0.5) is 13.2 Å². The Morgan fingerprint density at radius 3 is 2.78 bits per heavy atom. The molecule has 1 aliphatic heterocycles. The number of amides is 1. The number of hydrogen-bond acceptors (Lipinski definition) is 2. The highest BCUT2D eigenvalue weighted by molar-refractivity contribution is 5.79. The topological polar surface area (TPSA) is 46.3 Å². The van der Waals surface area contributed by atoms with Gasteiger partial charge < -0.3 is 10.6 Å². The third-order valence-electron chi connectivity index (χ3n) is 4.40. The van der Waals surface area contributed by atoms with E-state index in [1.165, 1.54) is 6.07 Å². The van der Waals surface area contributed by atoms with Gasteiger partial charge in [0.1, 0.15) is 0 Å². The summed E-state index contributed by atoms with van der Waals surface area (Å²) in [5.41, 5.74) is 5.59. The minimum absolute atomic E-state index is 0.0161. The Bertz CT molecular complexity index is 545. The molecular formula is C17H23F3N2O. The predicted octanol–water partition coefficient (Wildman–Crippen LogP) is 3.22. The molecule has 0 spiro atoms. The molecule has 128 valence electrons. The van der Waals surface area contributed by atoms with Crippen LogP contribution in [-0.4, -0.2) is 29.9 Å². The molecule has 0 saturated carbocycles. The van der Waals surface area contributed by atoms with Gasteiger partial charge in [-0.1, -0.05) is 25.1 Å². The van der Waals surface area contributed by atoms with Crippen LogP contribution in [0.2, 0.25) is 0 Å². The lowest BCUT2D eigenvalue weighted by Crippen LogP contribution is -2.49. The van der Waals surface area contributed by atoms with Gasteiger partial charge >= 0.3 is 6.18 Å². The van der Waals surface area contributed by atoms with Crippen molar-refractivity contribution in [1.29, 1.82) is 0 Å². The van der Waals surface area contributed by atoms with Crippen LogP contribution in [0.5, 0.6) is 0 Å². The summed E-state index contributed by atoms with van der Waals surface area (Å²) >= 11 is 0. The quantitative estimate of drug-likeness (QED) is 0.922. The molecule has 2 unspecified atom stereocenters. The second kappa shape index (κ2) is 7.34. The molecule has 1 saturated heterocycles. The van der Waals surface area contributed by atoms with Gasteiger partial charge in [0.25, 0.3) is 0 Å². The SMILES string of the molecule is CC(Cc1cccc(C(F)(F)F)c1)C(=O)N1CCCCC1CN. The molecule has 0 aliphatic carbocycles. The smallest absolute Gasteiger partial charge is 0.338 e. The van der Waals surface area contributed by atoms with Crippen LogP contribution in [0.25, 0.3) is 0 Å². The van der Waals surface area contributed by atoms with Crippen LogP contribution < -0.4 is 5.73 Å². The molecule has 23 heavy (non-hydrogen) atoms. The summed E-state index contributed by atoms with van der Waals surface area (Å²) in [7, 11) is 0. The molecular weight excluding hydrogens is 305 g/mol. The van der Waals surface area contributed by atoms with Crippen molar-refractivity contribution in [2.24, 2.45) is 11.7 Å². The lowest BCUT2D eigenvalue weighted by atomic mass is 9.95. The highest BCUT2D eigenvalue weighted by atomic mass is 19.4. The van der Waals surface area contributed by atoms with E-state index in [1.807, 2.05) is 4.90 Å². The zero-order valence-corrected chi connectivity index (χ0v) is 13.3. The Kier molecular flexibility index (Phi) is 5.68. The fourth-order valence-electron chi connectivity index (χ4n) is 3.13. The monoisotopic (exact) mass is 328 g/mol. The fourth-order valence-corrected chi connectivity index (χ4v) is 3.13. The Balaban J connectivity index is 2.06. The first kappa shape index (κ1) is 17.8. The van der Waals surface area contributed by atoms with Crippen molar-refractivity contribution in [2.75, 3.05) is 13.1 Å². The van der Waals surface area contributed by atoms with E-state index in [1.54, 1.807) is 13.0 Å². The van der Waals surface area contributed by atoms with Crippen LogP contribution >= 0.6 is 0 Å². The van der Waals surface area contributed by atoms with E-state index >= 15 is 0 Å². The zero-order valence-electron chi connectivity index (χ0n) is 13.3. The van der Waals surface area contributed by atoms with Gasteiger partial charge in [-0.3, -0.25) is 4.79 Å². The molecule has 3 nitrogen and oxygen atoms in total. The molecule has 2 atom stereocenters. The molecule has 2 rings (SSSR count). The first-order valence-corrected chi connectivity index (χ1v) is 7.99. The highest BCUT2D eigenvalue weighted by Crippen LogP contribution is 2.30. The number of halogens is 3. The highest BCUT2D eigenvalue weighted by Gasteiger charge is 2.31. The van der Waals surface area contributed by atoms with E-state index < -0.39 is 11.7 Å². The summed E-state index contributed by atoms with van der Waals surface area (Å²) < 4.78 is 38.3. The standard InChI is InChI=1S/C17H23F3N2O/c1-12(16(23)22-8-3-2-7-15(22)11-21)9-13-5-4-6-14(10-13)17(18,19)20/h4-6,10,12,15H,2-3,7-9,11,21H2,1H3. The third kappa shape index (κ3) is 4.47. The van der Waals surface area contributed by atoms with Gasteiger partial charge in [-0.2, -0.15) is 13.2 Å². The largest absolute Gasteiger partial charge is 0.416 e. The molecule has 0 radical (unpaired) electrons. The molecule has 1 aromatic rings. The Morgan fingerprint density at radius 2 is 2.13 bits per heavy atom. The number of carbonyl (C=O) groups excluding carboxylic acids is 1. The number of rotatable bonds is 4. The number of benzene rings is 1. The molecule has 0 bridgehead atoms. The van der Waals surface area contributed by atoms with Gasteiger partial charge in [0.15, 0.2) is 0 Å². The van der Waals surface area contributed by atoms with Crippen LogP contribution in [0, 0.1) is 5.92 Å². The second-order valence-corrected chi connectivity index (χ2v) is 6.22. The van der Waals surface area contributed by atoms with Crippen molar-refractivity contribution in [3.05, 3.63) is 35.4 Å². The molecule has 2 N–H and O–H groups in total. The Morgan fingerprint density at radius 1 is 1.39 bits per heavy atom. The predicted molar refractivity (Wildman–Crippen MR) is 82.7 cm³/mol. The van der Waals surface area contributed by atoms with Crippen LogP contribution in [0.15, 0.2) is 24.3 Å². The summed E-state index contributed by atoms with van der Waals surface area (Å²) in [6.45, 7) is 2.89. The van der Waals surface area contributed by atoms with E-state index in [9.17, 15) is 18.0 Å². The number of alkyl halides is 3. The van der Waals surface area contributed by atoms with Crippen molar-refractivity contribution in [1.82, 2.24) is 4.90 Å². The number of likely N-dealkylation sites (tertiary alicyclic amines) is 1. The molecule has 1 heterocycles. The van der Waals surface area contributed by atoms with Gasteiger partial charge in [0.2, 0.25) is 5.91 Å². The van der Waals surface area contributed by atoms with Gasteiger partial charge in [0.05, 0.1) is 5.56 Å². The lowest BCUT2D eigenvalue weighted by Gasteiger charge is -2.36. The summed E-state index contributed by atoms with van der Waals surface area (Å²) in [5, 5.41) is 0. The number of hydrogen-bond donors (Lipinski definition) is 1. The van der Waals surface area contributed by atoms with Gasteiger partial charge in [-0.25, -0.2) is 0 Å². The van der Waals surface area contributed by atoms with Crippen LogP contribution in [0.3, 0.4) is 0 Å². The van der Waals surface area contributed by atoms with Gasteiger partial charge in [0, 0.05) is 25.0 Å². The van der Waals surface area contributed by atoms with E-state index in [0.29, 0.717) is 25.1 Å². The normalized spacial score (nSPS) is 20.4. The van der Waals surface area contributed by atoms with Gasteiger partial charge in [-0.05, 0) is 37.3 Å². The number of nitrogens with two attached hydrogens (primary N) is 1. The van der Waals surface area contributed by atoms with Crippen molar-refractivity contribution in [2.45, 2.75) is 44.8 Å². The Labute approximate surface area is 134 Å². The first-order chi connectivity index (χ1) is 10.8. The lowest BCUT2D eigenvalue weighted by molar-refractivity contribution is -0.138. The maximum absolute atomic E-state index is 12.8. The third-order valence-corrected chi connectivity index (χ3v) is 4.40. The first-order valence-electron chi connectivity index (χ1n) is 7.99. The van der Waals surface area contributed by atoms with E-state index in [-0.39, 0.29) is 17.9 Å². The maximum atomic E-state index is 12.8. The van der Waals surface area contributed by atoms with Crippen molar-refractivity contribution >= 4 is 5.91 Å². The Hall–Kier alpha value is -1.56. The molecule has 1 aliphatic rings. The minimum Gasteiger partial charge on any atom is -0.338 e. The number of carbonyl (C=O) groups is 1.